The molecule has 14 heavy (non-hydrogen) atoms. The molecule has 3 atom stereocenters. The van der Waals surface area contributed by atoms with Crippen molar-refractivity contribution in [1.82, 2.24) is 0 Å². The van der Waals surface area contributed by atoms with Crippen LogP contribution in [-0.4, -0.2) is 5.78 Å². The zero-order chi connectivity index (χ0) is 10.5. The Morgan fingerprint density at radius 1 is 1.50 bits per heavy atom. The Morgan fingerprint density at radius 3 is 2.57 bits per heavy atom. The molecular formula is C13H20O. The smallest absolute Gasteiger partial charge is 0.130 e. The van der Waals surface area contributed by atoms with Gasteiger partial charge in [0.1, 0.15) is 5.78 Å². The number of rotatable bonds is 2. The van der Waals surface area contributed by atoms with Crippen molar-refractivity contribution in [1.29, 1.82) is 0 Å². The van der Waals surface area contributed by atoms with Gasteiger partial charge in [-0.05, 0) is 42.9 Å². The topological polar surface area (TPSA) is 17.1 Å². The van der Waals surface area contributed by atoms with E-state index >= 15 is 0 Å². The lowest BCUT2D eigenvalue weighted by molar-refractivity contribution is -0.119. The van der Waals surface area contributed by atoms with Crippen molar-refractivity contribution >= 4 is 5.78 Å². The van der Waals surface area contributed by atoms with Gasteiger partial charge in [0, 0.05) is 6.42 Å². The number of allylic oxidation sites excluding steroid dienone is 1. The summed E-state index contributed by atoms with van der Waals surface area (Å²) in [4.78, 5) is 11.1. The Balaban J connectivity index is 2.08. The third-order valence-electron chi connectivity index (χ3n) is 4.55. The van der Waals surface area contributed by atoms with Crippen LogP contribution in [0.1, 0.15) is 40.0 Å². The van der Waals surface area contributed by atoms with E-state index in [9.17, 15) is 4.79 Å². The lowest BCUT2D eigenvalue weighted by Crippen LogP contribution is -2.51. The minimum Gasteiger partial charge on any atom is -0.300 e. The molecule has 0 aromatic carbocycles. The highest BCUT2D eigenvalue weighted by atomic mass is 16.1. The summed E-state index contributed by atoms with van der Waals surface area (Å²) in [6.45, 7) is 10.6. The number of carbonyl (C=O) groups excluding carboxylic acids is 1. The lowest BCUT2D eigenvalue weighted by atomic mass is 9.45. The number of hydrogen-bond acceptors (Lipinski definition) is 1. The average molecular weight is 192 g/mol. The second-order valence-corrected chi connectivity index (χ2v) is 5.72. The Morgan fingerprint density at radius 2 is 2.14 bits per heavy atom. The van der Waals surface area contributed by atoms with Gasteiger partial charge in [0.2, 0.25) is 0 Å². The highest BCUT2D eigenvalue weighted by Crippen LogP contribution is 2.62. The molecule has 3 aliphatic carbocycles. The van der Waals surface area contributed by atoms with Gasteiger partial charge in [-0.2, -0.15) is 0 Å². The summed E-state index contributed by atoms with van der Waals surface area (Å²) in [6.07, 6.45) is 3.24. The molecule has 3 unspecified atom stereocenters. The molecule has 3 fully saturated rings. The van der Waals surface area contributed by atoms with E-state index in [4.69, 9.17) is 0 Å². The standard InChI is InChI=1S/C13H20O/c1-8(14)5-10-6-11-7-12(9(10)2)13(11,3)4/h10-12H,2,5-7H2,1,3-4H3. The zero-order valence-corrected chi connectivity index (χ0v) is 9.47. The van der Waals surface area contributed by atoms with E-state index in [2.05, 4.69) is 20.4 Å². The molecule has 0 aromatic heterocycles. The zero-order valence-electron chi connectivity index (χ0n) is 9.47. The predicted octanol–water partition coefficient (Wildman–Crippen LogP) is 3.20. The van der Waals surface area contributed by atoms with Gasteiger partial charge < -0.3 is 4.79 Å². The molecule has 0 N–H and O–H groups in total. The van der Waals surface area contributed by atoms with Gasteiger partial charge in [0.15, 0.2) is 0 Å². The first-order valence-electron chi connectivity index (χ1n) is 5.61. The maximum absolute atomic E-state index is 11.1. The van der Waals surface area contributed by atoms with Crippen LogP contribution in [0, 0.1) is 23.2 Å². The van der Waals surface area contributed by atoms with E-state index < -0.39 is 0 Å². The monoisotopic (exact) mass is 192 g/mol. The van der Waals surface area contributed by atoms with Crippen LogP contribution in [0.3, 0.4) is 0 Å². The lowest BCUT2D eigenvalue weighted by Gasteiger charge is -2.60. The fourth-order valence-electron chi connectivity index (χ4n) is 3.39. The fraction of sp³-hybridized carbons (Fsp3) is 0.769. The number of Topliss-reactive ketones (excluding diaryl/α,β-unsaturated/α-hetero) is 1. The van der Waals surface area contributed by atoms with Crippen LogP contribution in [0.5, 0.6) is 0 Å². The number of carbonyl (C=O) groups is 1. The van der Waals surface area contributed by atoms with Gasteiger partial charge in [-0.3, -0.25) is 0 Å². The van der Waals surface area contributed by atoms with Gasteiger partial charge in [0.05, 0.1) is 0 Å². The van der Waals surface area contributed by atoms with Crippen LogP contribution in [0.4, 0.5) is 0 Å². The average Bonchev–Trinajstić information content (AvgIpc) is 2.06. The van der Waals surface area contributed by atoms with Crippen molar-refractivity contribution in [2.24, 2.45) is 23.2 Å². The normalized spacial score (nSPS) is 39.1. The first-order valence-corrected chi connectivity index (χ1v) is 5.61. The van der Waals surface area contributed by atoms with Crippen LogP contribution in [0.15, 0.2) is 12.2 Å². The summed E-state index contributed by atoms with van der Waals surface area (Å²) in [5.41, 5.74) is 1.82. The van der Waals surface area contributed by atoms with E-state index in [0.29, 0.717) is 23.0 Å². The van der Waals surface area contributed by atoms with E-state index in [1.54, 1.807) is 6.92 Å². The van der Waals surface area contributed by atoms with Crippen LogP contribution < -0.4 is 0 Å². The Hall–Kier alpha value is -0.590. The maximum atomic E-state index is 11.1. The van der Waals surface area contributed by atoms with E-state index in [1.807, 2.05) is 0 Å². The van der Waals surface area contributed by atoms with Gasteiger partial charge >= 0.3 is 0 Å². The molecule has 0 amide bonds. The van der Waals surface area contributed by atoms with Crippen LogP contribution in [-0.2, 0) is 4.79 Å². The maximum Gasteiger partial charge on any atom is 0.130 e. The summed E-state index contributed by atoms with van der Waals surface area (Å²) in [6, 6.07) is 0. The first-order chi connectivity index (χ1) is 6.43. The minimum absolute atomic E-state index is 0.315. The second kappa shape index (κ2) is 2.95. The number of ketones is 1. The molecule has 3 saturated carbocycles. The largest absolute Gasteiger partial charge is 0.300 e. The van der Waals surface area contributed by atoms with Crippen molar-refractivity contribution in [3.63, 3.8) is 0 Å². The first kappa shape index (κ1) is 9.95. The summed E-state index contributed by atoms with van der Waals surface area (Å²) in [7, 11) is 0. The van der Waals surface area contributed by atoms with Crippen molar-refractivity contribution in [2.45, 2.75) is 40.0 Å². The highest BCUT2D eigenvalue weighted by Gasteiger charge is 2.54. The molecule has 1 heteroatoms. The number of fused-ring (bicyclic) bond motifs is 2. The third kappa shape index (κ3) is 1.25. The Labute approximate surface area is 86.6 Å². The van der Waals surface area contributed by atoms with E-state index in [-0.39, 0.29) is 0 Å². The SMILES string of the molecule is C=C1C(CC(C)=O)CC2CC1C2(C)C. The van der Waals surface area contributed by atoms with Gasteiger partial charge in [-0.1, -0.05) is 26.0 Å². The van der Waals surface area contributed by atoms with Crippen molar-refractivity contribution in [2.75, 3.05) is 0 Å². The number of hydrogen-bond donors (Lipinski definition) is 0. The van der Waals surface area contributed by atoms with Crippen LogP contribution in [0.25, 0.3) is 0 Å². The minimum atomic E-state index is 0.315. The fourth-order valence-corrected chi connectivity index (χ4v) is 3.39. The summed E-state index contributed by atoms with van der Waals surface area (Å²) in [5, 5.41) is 0. The van der Waals surface area contributed by atoms with Crippen molar-refractivity contribution in [3.05, 3.63) is 12.2 Å². The molecule has 2 bridgehead atoms. The van der Waals surface area contributed by atoms with E-state index in [1.165, 1.54) is 18.4 Å². The van der Waals surface area contributed by atoms with Crippen molar-refractivity contribution in [3.8, 4) is 0 Å². The van der Waals surface area contributed by atoms with Crippen molar-refractivity contribution < 1.29 is 4.79 Å². The summed E-state index contributed by atoms with van der Waals surface area (Å²) in [5.74, 6) is 2.33. The molecule has 1 nitrogen and oxygen atoms in total. The Bertz CT molecular complexity index is 288. The predicted molar refractivity (Wildman–Crippen MR) is 57.9 cm³/mol. The van der Waals surface area contributed by atoms with Crippen LogP contribution >= 0.6 is 0 Å². The van der Waals surface area contributed by atoms with E-state index in [0.717, 1.165) is 12.3 Å². The highest BCUT2D eigenvalue weighted by molar-refractivity contribution is 5.76. The molecule has 3 aliphatic rings. The van der Waals surface area contributed by atoms with Gasteiger partial charge in [-0.25, -0.2) is 0 Å². The summed E-state index contributed by atoms with van der Waals surface area (Å²) < 4.78 is 0. The quantitative estimate of drug-likeness (QED) is 0.614. The second-order valence-electron chi connectivity index (χ2n) is 5.72. The molecular weight excluding hydrogens is 172 g/mol. The van der Waals surface area contributed by atoms with Gasteiger partial charge in [0.25, 0.3) is 0 Å². The van der Waals surface area contributed by atoms with Crippen LogP contribution in [0.2, 0.25) is 0 Å². The molecule has 0 spiro atoms. The molecule has 0 heterocycles. The Kier molecular flexibility index (Phi) is 2.09. The molecule has 0 aliphatic heterocycles. The molecule has 3 rings (SSSR count). The molecule has 0 saturated heterocycles. The third-order valence-corrected chi connectivity index (χ3v) is 4.55. The molecule has 0 aromatic rings. The molecule has 0 radical (unpaired) electrons. The molecule has 78 valence electrons. The summed E-state index contributed by atoms with van der Waals surface area (Å²) >= 11 is 0. The van der Waals surface area contributed by atoms with Gasteiger partial charge in [-0.15, -0.1) is 0 Å².